The maximum atomic E-state index is 5.97. The van der Waals surface area contributed by atoms with Crippen molar-refractivity contribution in [2.24, 2.45) is 7.05 Å². The number of anilines is 1. The summed E-state index contributed by atoms with van der Waals surface area (Å²) in [6.45, 7) is 6.18. The number of aromatic nitrogens is 4. The van der Waals surface area contributed by atoms with E-state index >= 15 is 0 Å². The molecule has 0 aliphatic carbocycles. The first-order valence-electron chi connectivity index (χ1n) is 6.44. The van der Waals surface area contributed by atoms with Crippen LogP contribution >= 0.6 is 0 Å². The standard InChI is InChI=1S/C12H21N5O/c1-4-6-9-10-11(16(3)15-9)17(12(13)14-10)7-8-18-5-2/h4-8H2,1-3H3,(H2,13,14). The number of nitrogen functional groups attached to an aromatic ring is 1. The molecular formula is C12H21N5O. The van der Waals surface area contributed by atoms with Crippen molar-refractivity contribution in [3.8, 4) is 0 Å². The molecule has 0 unspecified atom stereocenters. The van der Waals surface area contributed by atoms with Gasteiger partial charge in [-0.3, -0.25) is 9.25 Å². The predicted octanol–water partition coefficient (Wildman–Crippen LogP) is 1.34. The molecule has 100 valence electrons. The van der Waals surface area contributed by atoms with E-state index in [2.05, 4.69) is 17.0 Å². The normalized spacial score (nSPS) is 11.5. The van der Waals surface area contributed by atoms with Gasteiger partial charge in [-0.25, -0.2) is 4.98 Å². The van der Waals surface area contributed by atoms with Crippen LogP contribution in [0.4, 0.5) is 5.95 Å². The zero-order chi connectivity index (χ0) is 13.1. The van der Waals surface area contributed by atoms with Gasteiger partial charge in [0.25, 0.3) is 0 Å². The van der Waals surface area contributed by atoms with Crippen molar-refractivity contribution in [1.29, 1.82) is 0 Å². The average Bonchev–Trinajstić information content (AvgIpc) is 2.80. The van der Waals surface area contributed by atoms with Crippen LogP contribution in [0.15, 0.2) is 0 Å². The number of hydrogen-bond donors (Lipinski definition) is 1. The zero-order valence-corrected chi connectivity index (χ0v) is 11.3. The van der Waals surface area contributed by atoms with Crippen molar-refractivity contribution in [2.75, 3.05) is 18.9 Å². The minimum Gasteiger partial charge on any atom is -0.380 e. The lowest BCUT2D eigenvalue weighted by Gasteiger charge is -2.06. The summed E-state index contributed by atoms with van der Waals surface area (Å²) in [5, 5.41) is 4.51. The number of imidazole rings is 1. The molecule has 0 aliphatic heterocycles. The van der Waals surface area contributed by atoms with Crippen LogP contribution < -0.4 is 5.73 Å². The van der Waals surface area contributed by atoms with Crippen molar-refractivity contribution in [1.82, 2.24) is 19.3 Å². The topological polar surface area (TPSA) is 70.9 Å². The summed E-state index contributed by atoms with van der Waals surface area (Å²) in [6.07, 6.45) is 1.98. The molecule has 18 heavy (non-hydrogen) atoms. The minimum absolute atomic E-state index is 0.537. The van der Waals surface area contributed by atoms with Crippen molar-refractivity contribution in [3.63, 3.8) is 0 Å². The smallest absolute Gasteiger partial charge is 0.202 e. The Kier molecular flexibility index (Phi) is 3.86. The Morgan fingerprint density at radius 2 is 2.11 bits per heavy atom. The molecule has 2 heterocycles. The van der Waals surface area contributed by atoms with Gasteiger partial charge in [-0.15, -0.1) is 0 Å². The minimum atomic E-state index is 0.537. The van der Waals surface area contributed by atoms with Gasteiger partial charge in [0.1, 0.15) is 5.52 Å². The second-order valence-electron chi connectivity index (χ2n) is 4.31. The summed E-state index contributed by atoms with van der Waals surface area (Å²) in [4.78, 5) is 4.43. The first kappa shape index (κ1) is 12.9. The summed E-state index contributed by atoms with van der Waals surface area (Å²) >= 11 is 0. The van der Waals surface area contributed by atoms with Crippen molar-refractivity contribution in [2.45, 2.75) is 33.2 Å². The average molecular weight is 251 g/mol. The molecule has 6 heteroatoms. The lowest BCUT2D eigenvalue weighted by molar-refractivity contribution is 0.140. The van der Waals surface area contributed by atoms with Gasteiger partial charge < -0.3 is 10.5 Å². The molecular weight excluding hydrogens is 230 g/mol. The van der Waals surface area contributed by atoms with Gasteiger partial charge >= 0.3 is 0 Å². The molecule has 0 aromatic carbocycles. The molecule has 2 N–H and O–H groups in total. The number of ether oxygens (including phenoxy) is 1. The van der Waals surface area contributed by atoms with Gasteiger partial charge in [-0.05, 0) is 13.3 Å². The van der Waals surface area contributed by atoms with E-state index in [1.54, 1.807) is 0 Å². The first-order valence-corrected chi connectivity index (χ1v) is 6.44. The summed E-state index contributed by atoms with van der Waals surface area (Å²) in [7, 11) is 1.93. The third kappa shape index (κ3) is 2.20. The van der Waals surface area contributed by atoms with Crippen LogP contribution in [0.2, 0.25) is 0 Å². The van der Waals surface area contributed by atoms with Crippen LogP contribution in [0.3, 0.4) is 0 Å². The van der Waals surface area contributed by atoms with Crippen molar-refractivity contribution >= 4 is 17.1 Å². The van der Waals surface area contributed by atoms with E-state index in [0.717, 1.165) is 29.7 Å². The quantitative estimate of drug-likeness (QED) is 0.786. The maximum Gasteiger partial charge on any atom is 0.202 e. The number of fused-ring (bicyclic) bond motifs is 1. The number of hydrogen-bond acceptors (Lipinski definition) is 4. The monoisotopic (exact) mass is 251 g/mol. The Bertz CT molecular complexity index is 528. The molecule has 0 bridgehead atoms. The van der Waals surface area contributed by atoms with E-state index in [4.69, 9.17) is 10.5 Å². The highest BCUT2D eigenvalue weighted by atomic mass is 16.5. The van der Waals surface area contributed by atoms with Gasteiger partial charge in [-0.1, -0.05) is 13.3 Å². The lowest BCUT2D eigenvalue weighted by atomic mass is 10.2. The summed E-state index contributed by atoms with van der Waals surface area (Å²) < 4.78 is 9.20. The highest BCUT2D eigenvalue weighted by molar-refractivity contribution is 5.77. The summed E-state index contributed by atoms with van der Waals surface area (Å²) in [5.41, 5.74) is 8.90. The van der Waals surface area contributed by atoms with Crippen LogP contribution in [0.25, 0.3) is 11.2 Å². The SMILES string of the molecule is CCCc1nn(C)c2c1nc(N)n2CCOCC. The lowest BCUT2D eigenvalue weighted by Crippen LogP contribution is -2.11. The molecule has 2 rings (SSSR count). The second kappa shape index (κ2) is 5.39. The molecule has 2 aromatic heterocycles. The number of aryl methyl sites for hydroxylation is 2. The molecule has 0 atom stereocenters. The van der Waals surface area contributed by atoms with E-state index < -0.39 is 0 Å². The van der Waals surface area contributed by atoms with E-state index in [-0.39, 0.29) is 0 Å². The van der Waals surface area contributed by atoms with Gasteiger partial charge in [0, 0.05) is 13.7 Å². The largest absolute Gasteiger partial charge is 0.380 e. The predicted molar refractivity (Wildman–Crippen MR) is 71.4 cm³/mol. The number of nitrogens with two attached hydrogens (primary N) is 1. The van der Waals surface area contributed by atoms with E-state index in [1.165, 1.54) is 0 Å². The molecule has 0 aliphatic rings. The highest BCUT2D eigenvalue weighted by Gasteiger charge is 2.16. The summed E-state index contributed by atoms with van der Waals surface area (Å²) in [6, 6.07) is 0. The maximum absolute atomic E-state index is 5.97. The zero-order valence-electron chi connectivity index (χ0n) is 11.3. The Labute approximate surface area is 107 Å². The van der Waals surface area contributed by atoms with Gasteiger partial charge in [0.2, 0.25) is 5.95 Å². The molecule has 0 saturated heterocycles. The van der Waals surface area contributed by atoms with Gasteiger partial charge in [0.05, 0.1) is 18.8 Å². The van der Waals surface area contributed by atoms with Crippen LogP contribution in [0.1, 0.15) is 26.0 Å². The first-order chi connectivity index (χ1) is 8.69. The summed E-state index contributed by atoms with van der Waals surface area (Å²) in [5.74, 6) is 0.537. The van der Waals surface area contributed by atoms with E-state index in [0.29, 0.717) is 25.7 Å². The Hall–Kier alpha value is -1.56. The van der Waals surface area contributed by atoms with Crippen LogP contribution in [-0.2, 0) is 24.8 Å². The van der Waals surface area contributed by atoms with Crippen molar-refractivity contribution < 1.29 is 4.74 Å². The Balaban J connectivity index is 2.37. The van der Waals surface area contributed by atoms with Crippen molar-refractivity contribution in [3.05, 3.63) is 5.69 Å². The van der Waals surface area contributed by atoms with Crippen LogP contribution in [0.5, 0.6) is 0 Å². The molecule has 0 fully saturated rings. The van der Waals surface area contributed by atoms with Crippen LogP contribution in [-0.4, -0.2) is 32.5 Å². The van der Waals surface area contributed by atoms with E-state index in [9.17, 15) is 0 Å². The Morgan fingerprint density at radius 3 is 2.78 bits per heavy atom. The third-order valence-electron chi connectivity index (χ3n) is 2.97. The van der Waals surface area contributed by atoms with Crippen LogP contribution in [0, 0.1) is 0 Å². The van der Waals surface area contributed by atoms with E-state index in [1.807, 2.05) is 23.2 Å². The number of rotatable bonds is 6. The number of nitrogens with zero attached hydrogens (tertiary/aromatic N) is 4. The molecule has 0 saturated carbocycles. The fourth-order valence-electron chi connectivity index (χ4n) is 2.18. The van der Waals surface area contributed by atoms with Gasteiger partial charge in [-0.2, -0.15) is 5.10 Å². The fraction of sp³-hybridized carbons (Fsp3) is 0.667. The second-order valence-corrected chi connectivity index (χ2v) is 4.31. The molecule has 6 nitrogen and oxygen atoms in total. The third-order valence-corrected chi connectivity index (χ3v) is 2.97. The Morgan fingerprint density at radius 1 is 1.33 bits per heavy atom. The highest BCUT2D eigenvalue weighted by Crippen LogP contribution is 2.21. The molecule has 2 aromatic rings. The fourth-order valence-corrected chi connectivity index (χ4v) is 2.18. The molecule has 0 radical (unpaired) electrons. The van der Waals surface area contributed by atoms with Gasteiger partial charge in [0.15, 0.2) is 5.65 Å². The molecule has 0 amide bonds. The molecule has 0 spiro atoms.